The van der Waals surface area contributed by atoms with Crippen LogP contribution in [0.1, 0.15) is 73.7 Å². The number of nitrogens with zero attached hydrogens (tertiary/aromatic N) is 4. The van der Waals surface area contributed by atoms with E-state index in [0.717, 1.165) is 30.5 Å². The Morgan fingerprint density at radius 3 is 2.67 bits per heavy atom. The molecule has 0 aliphatic carbocycles. The van der Waals surface area contributed by atoms with E-state index < -0.39 is 0 Å². The summed E-state index contributed by atoms with van der Waals surface area (Å²) in [6.07, 6.45) is 6.71. The Bertz CT molecular complexity index is 663. The lowest BCUT2D eigenvalue weighted by Gasteiger charge is -2.28. The molecule has 2 aromatic rings. The third-order valence-electron chi connectivity index (χ3n) is 4.40. The molecule has 0 radical (unpaired) electrons. The first kappa shape index (κ1) is 18.2. The van der Waals surface area contributed by atoms with E-state index in [2.05, 4.69) is 30.9 Å². The van der Waals surface area contributed by atoms with Crippen molar-refractivity contribution in [3.8, 4) is 0 Å². The molecule has 130 valence electrons. The van der Waals surface area contributed by atoms with Crippen LogP contribution in [-0.4, -0.2) is 32.6 Å². The van der Waals surface area contributed by atoms with Crippen molar-refractivity contribution in [2.24, 2.45) is 7.05 Å². The summed E-state index contributed by atoms with van der Waals surface area (Å²) in [6, 6.07) is 5.90. The van der Waals surface area contributed by atoms with E-state index in [1.54, 1.807) is 10.9 Å². The van der Waals surface area contributed by atoms with Crippen molar-refractivity contribution < 1.29 is 4.79 Å². The highest BCUT2D eigenvalue weighted by molar-refractivity contribution is 5.92. The highest BCUT2D eigenvalue weighted by Gasteiger charge is 2.25. The number of hydrogen-bond donors (Lipinski definition) is 0. The summed E-state index contributed by atoms with van der Waals surface area (Å²) in [4.78, 5) is 19.1. The summed E-state index contributed by atoms with van der Waals surface area (Å²) >= 11 is 0. The van der Waals surface area contributed by atoms with Crippen molar-refractivity contribution in [1.29, 1.82) is 0 Å². The third kappa shape index (κ3) is 4.02. The Hall–Kier alpha value is -2.17. The molecule has 2 heterocycles. The molecule has 2 rings (SSSR count). The van der Waals surface area contributed by atoms with Crippen LogP contribution in [0, 0.1) is 0 Å². The van der Waals surface area contributed by atoms with Gasteiger partial charge in [0.25, 0.3) is 5.91 Å². The van der Waals surface area contributed by atoms with Crippen molar-refractivity contribution in [3.05, 3.63) is 47.5 Å². The molecule has 0 N–H and O–H groups in total. The van der Waals surface area contributed by atoms with Crippen LogP contribution < -0.4 is 0 Å². The first-order valence-electron chi connectivity index (χ1n) is 8.66. The van der Waals surface area contributed by atoms with Gasteiger partial charge in [-0.05, 0) is 30.0 Å². The van der Waals surface area contributed by atoms with Crippen molar-refractivity contribution >= 4 is 5.91 Å². The van der Waals surface area contributed by atoms with Gasteiger partial charge in [0.1, 0.15) is 5.69 Å². The monoisotopic (exact) mass is 328 g/mol. The van der Waals surface area contributed by atoms with Gasteiger partial charge in [0, 0.05) is 26.5 Å². The fraction of sp³-hybridized carbons (Fsp3) is 0.526. The molecule has 0 aliphatic heterocycles. The van der Waals surface area contributed by atoms with Gasteiger partial charge < -0.3 is 4.90 Å². The lowest BCUT2D eigenvalue weighted by molar-refractivity contribution is 0.0709. The highest BCUT2D eigenvalue weighted by atomic mass is 16.2. The lowest BCUT2D eigenvalue weighted by atomic mass is 10.0. The molecule has 0 saturated carbocycles. The van der Waals surface area contributed by atoms with Crippen molar-refractivity contribution in [2.45, 2.75) is 52.0 Å². The van der Waals surface area contributed by atoms with Crippen LogP contribution >= 0.6 is 0 Å². The molecule has 0 spiro atoms. The number of unbranched alkanes of at least 4 members (excludes halogenated alkanes) is 1. The summed E-state index contributed by atoms with van der Waals surface area (Å²) < 4.78 is 1.69. The van der Waals surface area contributed by atoms with Crippen molar-refractivity contribution in [1.82, 2.24) is 19.7 Å². The molecular weight excluding hydrogens is 300 g/mol. The Morgan fingerprint density at radius 2 is 2.12 bits per heavy atom. The predicted molar refractivity (Wildman–Crippen MR) is 95.9 cm³/mol. The Morgan fingerprint density at radius 1 is 1.38 bits per heavy atom. The second kappa shape index (κ2) is 8.08. The number of pyridine rings is 1. The number of hydrogen-bond acceptors (Lipinski definition) is 3. The number of carbonyl (C=O) groups excluding carboxylic acids is 1. The van der Waals surface area contributed by atoms with Crippen molar-refractivity contribution in [3.63, 3.8) is 0 Å². The molecule has 24 heavy (non-hydrogen) atoms. The average Bonchev–Trinajstić information content (AvgIpc) is 2.97. The standard InChI is InChI=1S/C19H28N4O/c1-6-7-10-17(15-9-8-11-20-13-15)22(4)19(24)18-12-16(14(2)3)21-23(18)5/h8-9,11-14,17H,6-7,10H2,1-5H3/t17-/m0/s1. The Balaban J connectivity index is 2.28. The fourth-order valence-corrected chi connectivity index (χ4v) is 2.85. The minimum absolute atomic E-state index is 0.00172. The lowest BCUT2D eigenvalue weighted by Crippen LogP contribution is -2.32. The normalized spacial score (nSPS) is 12.4. The van der Waals surface area contributed by atoms with Gasteiger partial charge in [-0.15, -0.1) is 0 Å². The summed E-state index contributed by atoms with van der Waals surface area (Å²) in [5.74, 6) is 0.305. The minimum Gasteiger partial charge on any atom is -0.333 e. The molecule has 2 aromatic heterocycles. The number of carbonyl (C=O) groups is 1. The molecule has 0 aromatic carbocycles. The zero-order valence-electron chi connectivity index (χ0n) is 15.4. The first-order valence-corrected chi connectivity index (χ1v) is 8.66. The quantitative estimate of drug-likeness (QED) is 0.773. The van der Waals surface area contributed by atoms with E-state index in [1.807, 2.05) is 43.4 Å². The van der Waals surface area contributed by atoms with Crippen molar-refractivity contribution in [2.75, 3.05) is 7.05 Å². The molecular formula is C19H28N4O. The molecule has 5 nitrogen and oxygen atoms in total. The molecule has 5 heteroatoms. The van der Waals surface area contributed by atoms with E-state index in [1.165, 1.54) is 0 Å². The second-order valence-corrected chi connectivity index (χ2v) is 6.59. The maximum Gasteiger partial charge on any atom is 0.272 e. The zero-order valence-corrected chi connectivity index (χ0v) is 15.4. The summed E-state index contributed by atoms with van der Waals surface area (Å²) in [6.45, 7) is 6.33. The minimum atomic E-state index is 0.00172. The largest absolute Gasteiger partial charge is 0.333 e. The number of rotatable bonds is 7. The Kier molecular flexibility index (Phi) is 6.12. The van der Waals surface area contributed by atoms with Crippen LogP contribution in [-0.2, 0) is 7.05 Å². The van der Waals surface area contributed by atoms with Crippen LogP contribution in [0.3, 0.4) is 0 Å². The van der Waals surface area contributed by atoms with Gasteiger partial charge in [0.2, 0.25) is 0 Å². The third-order valence-corrected chi connectivity index (χ3v) is 4.40. The number of aryl methyl sites for hydroxylation is 1. The molecule has 0 fully saturated rings. The van der Waals surface area contributed by atoms with E-state index in [9.17, 15) is 4.79 Å². The molecule has 1 atom stereocenters. The van der Waals surface area contributed by atoms with Crippen LogP contribution in [0.15, 0.2) is 30.6 Å². The van der Waals surface area contributed by atoms with E-state index in [0.29, 0.717) is 11.6 Å². The molecule has 0 aliphatic rings. The van der Waals surface area contributed by atoms with E-state index in [4.69, 9.17) is 0 Å². The van der Waals surface area contributed by atoms with E-state index in [-0.39, 0.29) is 11.9 Å². The van der Waals surface area contributed by atoms with Crippen LogP contribution in [0.4, 0.5) is 0 Å². The van der Waals surface area contributed by atoms with Gasteiger partial charge in [-0.1, -0.05) is 39.7 Å². The smallest absolute Gasteiger partial charge is 0.272 e. The van der Waals surface area contributed by atoms with Crippen LogP contribution in [0.5, 0.6) is 0 Å². The average molecular weight is 328 g/mol. The molecule has 1 amide bonds. The maximum atomic E-state index is 13.0. The van der Waals surface area contributed by atoms with Gasteiger partial charge in [-0.3, -0.25) is 14.5 Å². The Labute approximate surface area is 144 Å². The molecule has 0 saturated heterocycles. The van der Waals surface area contributed by atoms with Gasteiger partial charge in [-0.25, -0.2) is 0 Å². The van der Waals surface area contributed by atoms with Crippen LogP contribution in [0.2, 0.25) is 0 Å². The zero-order chi connectivity index (χ0) is 17.7. The second-order valence-electron chi connectivity index (χ2n) is 6.59. The van der Waals surface area contributed by atoms with Crippen LogP contribution in [0.25, 0.3) is 0 Å². The maximum absolute atomic E-state index is 13.0. The summed E-state index contributed by atoms with van der Waals surface area (Å²) in [7, 11) is 3.70. The highest BCUT2D eigenvalue weighted by Crippen LogP contribution is 2.26. The topological polar surface area (TPSA) is 51.0 Å². The summed E-state index contributed by atoms with van der Waals surface area (Å²) in [5, 5.41) is 4.46. The van der Waals surface area contributed by atoms with E-state index >= 15 is 0 Å². The molecule has 0 unspecified atom stereocenters. The number of amides is 1. The fourth-order valence-electron chi connectivity index (χ4n) is 2.85. The van der Waals surface area contributed by atoms with Gasteiger partial charge in [0.05, 0.1) is 11.7 Å². The number of aromatic nitrogens is 3. The molecule has 0 bridgehead atoms. The van der Waals surface area contributed by atoms with Gasteiger partial charge >= 0.3 is 0 Å². The first-order chi connectivity index (χ1) is 11.5. The van der Waals surface area contributed by atoms with Gasteiger partial charge in [-0.2, -0.15) is 5.10 Å². The predicted octanol–water partition coefficient (Wildman–Crippen LogP) is 3.94. The van der Waals surface area contributed by atoms with Gasteiger partial charge in [0.15, 0.2) is 0 Å². The SMILES string of the molecule is CCCC[C@@H](c1cccnc1)N(C)C(=O)c1cc(C(C)C)nn1C. The summed E-state index contributed by atoms with van der Waals surface area (Å²) in [5.41, 5.74) is 2.65.